The van der Waals surface area contributed by atoms with Crippen molar-refractivity contribution in [2.45, 2.75) is 0 Å². The highest BCUT2D eigenvalue weighted by molar-refractivity contribution is 7.03. The normalized spacial score (nSPS) is 9.92. The molecular formula is C9H8N2OS. The Morgan fingerprint density at radius 3 is 2.54 bits per heavy atom. The van der Waals surface area contributed by atoms with Crippen LogP contribution >= 0.6 is 11.5 Å². The van der Waals surface area contributed by atoms with E-state index in [1.165, 1.54) is 11.5 Å². The maximum absolute atomic E-state index is 5.05. The largest absolute Gasteiger partial charge is 0.497 e. The van der Waals surface area contributed by atoms with Crippen LogP contribution in [0, 0.1) is 0 Å². The molecule has 0 bridgehead atoms. The maximum Gasteiger partial charge on any atom is 0.172 e. The van der Waals surface area contributed by atoms with Gasteiger partial charge in [0, 0.05) is 5.56 Å². The minimum Gasteiger partial charge on any atom is -0.497 e. The number of rotatable bonds is 2. The summed E-state index contributed by atoms with van der Waals surface area (Å²) in [5, 5.41) is 0. The Balaban J connectivity index is 2.33. The highest BCUT2D eigenvalue weighted by atomic mass is 32.1. The zero-order valence-electron chi connectivity index (χ0n) is 7.10. The Kier molecular flexibility index (Phi) is 2.23. The molecule has 0 amide bonds. The summed E-state index contributed by atoms with van der Waals surface area (Å²) in [5.41, 5.74) is 2.74. The fourth-order valence-electron chi connectivity index (χ4n) is 1.04. The van der Waals surface area contributed by atoms with Crippen LogP contribution < -0.4 is 4.74 Å². The van der Waals surface area contributed by atoms with Crippen LogP contribution in [-0.2, 0) is 0 Å². The van der Waals surface area contributed by atoms with Gasteiger partial charge in [0.15, 0.2) is 5.82 Å². The Hall–Kier alpha value is -1.42. The van der Waals surface area contributed by atoms with E-state index < -0.39 is 0 Å². The number of ether oxygens (including phenoxy) is 1. The molecule has 0 aliphatic heterocycles. The van der Waals surface area contributed by atoms with Crippen LogP contribution in [0.2, 0.25) is 0 Å². The first kappa shape index (κ1) is 8.19. The highest BCUT2D eigenvalue weighted by Crippen LogP contribution is 2.19. The smallest absolute Gasteiger partial charge is 0.172 e. The van der Waals surface area contributed by atoms with Crippen LogP contribution in [0.1, 0.15) is 0 Å². The molecular weight excluding hydrogens is 184 g/mol. The van der Waals surface area contributed by atoms with E-state index in [2.05, 4.69) is 9.36 Å². The topological polar surface area (TPSA) is 35.0 Å². The van der Waals surface area contributed by atoms with Gasteiger partial charge in [-0.05, 0) is 35.8 Å². The van der Waals surface area contributed by atoms with E-state index in [4.69, 9.17) is 4.74 Å². The first-order chi connectivity index (χ1) is 6.40. The first-order valence-electron chi connectivity index (χ1n) is 3.81. The minimum absolute atomic E-state index is 0.771. The van der Waals surface area contributed by atoms with Crippen LogP contribution in [0.4, 0.5) is 0 Å². The SMILES string of the molecule is COc1ccc(-c2ncsn2)cc1. The van der Waals surface area contributed by atoms with Gasteiger partial charge in [0.2, 0.25) is 0 Å². The second-order valence-electron chi connectivity index (χ2n) is 2.48. The van der Waals surface area contributed by atoms with E-state index in [0.717, 1.165) is 17.1 Å². The summed E-state index contributed by atoms with van der Waals surface area (Å²) in [5.74, 6) is 1.62. The number of benzene rings is 1. The Morgan fingerprint density at radius 2 is 2.00 bits per heavy atom. The van der Waals surface area contributed by atoms with Crippen molar-refractivity contribution in [2.75, 3.05) is 7.11 Å². The molecule has 0 saturated heterocycles. The average molecular weight is 192 g/mol. The predicted molar refractivity (Wildman–Crippen MR) is 51.9 cm³/mol. The van der Waals surface area contributed by atoms with Gasteiger partial charge < -0.3 is 4.74 Å². The molecule has 1 aromatic carbocycles. The van der Waals surface area contributed by atoms with E-state index in [-0.39, 0.29) is 0 Å². The van der Waals surface area contributed by atoms with Gasteiger partial charge in [-0.3, -0.25) is 0 Å². The summed E-state index contributed by atoms with van der Waals surface area (Å²) >= 11 is 1.35. The van der Waals surface area contributed by atoms with Gasteiger partial charge in [0.25, 0.3) is 0 Å². The predicted octanol–water partition coefficient (Wildman–Crippen LogP) is 2.21. The fourth-order valence-corrected chi connectivity index (χ4v) is 1.48. The van der Waals surface area contributed by atoms with Crippen LogP contribution in [-0.4, -0.2) is 16.5 Å². The molecule has 0 unspecified atom stereocenters. The van der Waals surface area contributed by atoms with E-state index in [9.17, 15) is 0 Å². The van der Waals surface area contributed by atoms with E-state index >= 15 is 0 Å². The van der Waals surface area contributed by atoms with Gasteiger partial charge in [0.05, 0.1) is 7.11 Å². The molecule has 0 fully saturated rings. The average Bonchev–Trinajstić information content (AvgIpc) is 2.71. The lowest BCUT2D eigenvalue weighted by Gasteiger charge is -1.99. The molecule has 13 heavy (non-hydrogen) atoms. The molecule has 0 aliphatic carbocycles. The van der Waals surface area contributed by atoms with Crippen molar-refractivity contribution in [1.82, 2.24) is 9.36 Å². The van der Waals surface area contributed by atoms with Crippen LogP contribution in [0.25, 0.3) is 11.4 Å². The lowest BCUT2D eigenvalue weighted by atomic mass is 10.2. The Bertz CT molecular complexity index is 369. The molecule has 66 valence electrons. The molecule has 0 saturated carbocycles. The molecule has 0 atom stereocenters. The van der Waals surface area contributed by atoms with Crippen molar-refractivity contribution in [2.24, 2.45) is 0 Å². The van der Waals surface area contributed by atoms with Gasteiger partial charge in [-0.1, -0.05) is 0 Å². The standard InChI is InChI=1S/C9H8N2OS/c1-12-8-4-2-7(3-5-8)9-10-6-13-11-9/h2-6H,1H3. The quantitative estimate of drug-likeness (QED) is 0.731. The third-order valence-corrected chi connectivity index (χ3v) is 2.19. The second kappa shape index (κ2) is 3.53. The third kappa shape index (κ3) is 1.67. The number of hydrogen-bond acceptors (Lipinski definition) is 4. The number of nitrogens with zero attached hydrogens (tertiary/aromatic N) is 2. The molecule has 0 radical (unpaired) electrons. The zero-order valence-corrected chi connectivity index (χ0v) is 7.91. The summed E-state index contributed by atoms with van der Waals surface area (Å²) in [7, 11) is 1.65. The molecule has 2 rings (SSSR count). The molecule has 4 heteroatoms. The van der Waals surface area contributed by atoms with Crippen molar-refractivity contribution in [3.8, 4) is 17.1 Å². The van der Waals surface area contributed by atoms with Crippen molar-refractivity contribution < 1.29 is 4.74 Å². The van der Waals surface area contributed by atoms with Gasteiger partial charge in [-0.25, -0.2) is 4.98 Å². The van der Waals surface area contributed by atoms with Gasteiger partial charge >= 0.3 is 0 Å². The van der Waals surface area contributed by atoms with Crippen LogP contribution in [0.15, 0.2) is 29.8 Å². The zero-order chi connectivity index (χ0) is 9.10. The highest BCUT2D eigenvalue weighted by Gasteiger charge is 2.00. The first-order valence-corrected chi connectivity index (χ1v) is 4.64. The second-order valence-corrected chi connectivity index (χ2v) is 3.09. The summed E-state index contributed by atoms with van der Waals surface area (Å²) in [4.78, 5) is 4.11. The Labute approximate surface area is 80.2 Å². The number of aromatic nitrogens is 2. The molecule has 1 aromatic heterocycles. The van der Waals surface area contributed by atoms with Crippen LogP contribution in [0.5, 0.6) is 5.75 Å². The summed E-state index contributed by atoms with van der Waals surface area (Å²) in [6, 6.07) is 7.69. The monoisotopic (exact) mass is 192 g/mol. The summed E-state index contributed by atoms with van der Waals surface area (Å²) < 4.78 is 9.18. The van der Waals surface area contributed by atoms with Gasteiger partial charge in [0.1, 0.15) is 11.3 Å². The van der Waals surface area contributed by atoms with Gasteiger partial charge in [-0.15, -0.1) is 0 Å². The molecule has 3 nitrogen and oxygen atoms in total. The van der Waals surface area contributed by atoms with Crippen molar-refractivity contribution in [3.05, 3.63) is 29.8 Å². The molecule has 0 spiro atoms. The fraction of sp³-hybridized carbons (Fsp3) is 0.111. The minimum atomic E-state index is 0.771. The molecule has 2 aromatic rings. The summed E-state index contributed by atoms with van der Waals surface area (Å²) in [6.45, 7) is 0. The third-order valence-electron chi connectivity index (χ3n) is 1.71. The lowest BCUT2D eigenvalue weighted by molar-refractivity contribution is 0.415. The molecule has 1 heterocycles. The maximum atomic E-state index is 5.05. The van der Waals surface area contributed by atoms with Crippen molar-refractivity contribution in [1.29, 1.82) is 0 Å². The van der Waals surface area contributed by atoms with Crippen LogP contribution in [0.3, 0.4) is 0 Å². The molecule has 0 N–H and O–H groups in total. The van der Waals surface area contributed by atoms with E-state index in [0.29, 0.717) is 0 Å². The van der Waals surface area contributed by atoms with E-state index in [1.54, 1.807) is 12.6 Å². The summed E-state index contributed by atoms with van der Waals surface area (Å²) in [6.07, 6.45) is 0. The van der Waals surface area contributed by atoms with Gasteiger partial charge in [-0.2, -0.15) is 4.37 Å². The lowest BCUT2D eigenvalue weighted by Crippen LogP contribution is -1.83. The Morgan fingerprint density at radius 1 is 1.23 bits per heavy atom. The van der Waals surface area contributed by atoms with Crippen molar-refractivity contribution in [3.63, 3.8) is 0 Å². The molecule has 0 aliphatic rings. The number of hydrogen-bond donors (Lipinski definition) is 0. The van der Waals surface area contributed by atoms with E-state index in [1.807, 2.05) is 24.3 Å². The number of methoxy groups -OCH3 is 1. The van der Waals surface area contributed by atoms with Crippen molar-refractivity contribution >= 4 is 11.5 Å².